The van der Waals surface area contributed by atoms with Crippen molar-refractivity contribution in [1.82, 2.24) is 4.90 Å². The van der Waals surface area contributed by atoms with Gasteiger partial charge in [-0.15, -0.1) is 11.6 Å². The molecule has 0 saturated carbocycles. The predicted molar refractivity (Wildman–Crippen MR) is 88.9 cm³/mol. The number of hydrogen-bond donors (Lipinski definition) is 0. The summed E-state index contributed by atoms with van der Waals surface area (Å²) in [6.45, 7) is 0.373. The number of amides is 1. The molecule has 0 aromatic heterocycles. The van der Waals surface area contributed by atoms with Crippen LogP contribution in [0, 0.1) is 5.82 Å². The van der Waals surface area contributed by atoms with Gasteiger partial charge in [0.15, 0.2) is 15.0 Å². The number of alkyl halides is 1. The van der Waals surface area contributed by atoms with E-state index in [0.717, 1.165) is 5.56 Å². The molecule has 0 N–H and O–H groups in total. The van der Waals surface area contributed by atoms with Gasteiger partial charge in [0, 0.05) is 11.8 Å². The Balaban J connectivity index is 1.88. The molecule has 124 valence electrons. The number of amidine groups is 1. The fourth-order valence-electron chi connectivity index (χ4n) is 2.74. The SMILES string of the molecule is O=C(CCl)N=C1S[C@@H]2CS(=O)(=O)C[C@H]2N1Cc1ccc(F)cc1. The number of hydrogen-bond acceptors (Lipinski definition) is 4. The van der Waals surface area contributed by atoms with Gasteiger partial charge in [-0.3, -0.25) is 4.79 Å². The molecule has 1 aromatic rings. The van der Waals surface area contributed by atoms with E-state index in [1.807, 2.05) is 4.90 Å². The van der Waals surface area contributed by atoms with Gasteiger partial charge in [0.2, 0.25) is 0 Å². The van der Waals surface area contributed by atoms with E-state index < -0.39 is 15.7 Å². The topological polar surface area (TPSA) is 66.8 Å². The molecule has 2 fully saturated rings. The third kappa shape index (κ3) is 3.70. The highest BCUT2D eigenvalue weighted by atomic mass is 35.5. The van der Waals surface area contributed by atoms with E-state index in [2.05, 4.69) is 4.99 Å². The number of fused-ring (bicyclic) bond motifs is 1. The Morgan fingerprint density at radius 2 is 2.04 bits per heavy atom. The van der Waals surface area contributed by atoms with Crippen molar-refractivity contribution in [2.45, 2.75) is 17.8 Å². The van der Waals surface area contributed by atoms with E-state index in [-0.39, 0.29) is 34.5 Å². The van der Waals surface area contributed by atoms with Gasteiger partial charge in [-0.1, -0.05) is 23.9 Å². The van der Waals surface area contributed by atoms with Crippen molar-refractivity contribution < 1.29 is 17.6 Å². The average Bonchev–Trinajstić information content (AvgIpc) is 2.94. The number of carbonyl (C=O) groups is 1. The second-order valence-electron chi connectivity index (χ2n) is 5.48. The Kier molecular flexibility index (Phi) is 4.66. The van der Waals surface area contributed by atoms with Crippen LogP contribution in [0.25, 0.3) is 0 Å². The van der Waals surface area contributed by atoms with Crippen molar-refractivity contribution >= 4 is 44.3 Å². The number of rotatable bonds is 3. The van der Waals surface area contributed by atoms with E-state index >= 15 is 0 Å². The summed E-state index contributed by atoms with van der Waals surface area (Å²) in [7, 11) is -3.08. The number of aliphatic imine (C=N–C) groups is 1. The Morgan fingerprint density at radius 1 is 1.35 bits per heavy atom. The number of carbonyl (C=O) groups excluding carboxylic acids is 1. The molecule has 0 unspecified atom stereocenters. The fraction of sp³-hybridized carbons (Fsp3) is 0.429. The number of sulfone groups is 1. The molecular weight excluding hydrogens is 363 g/mol. The number of halogens is 2. The zero-order chi connectivity index (χ0) is 16.6. The molecule has 2 aliphatic heterocycles. The summed E-state index contributed by atoms with van der Waals surface area (Å²) in [5, 5.41) is 0.354. The first-order valence-corrected chi connectivity index (χ1v) is 10.2. The quantitative estimate of drug-likeness (QED) is 0.750. The molecular formula is C14H14ClFN2O3S2. The Bertz CT molecular complexity index is 752. The van der Waals surface area contributed by atoms with Gasteiger partial charge < -0.3 is 4.90 Å². The van der Waals surface area contributed by atoms with Gasteiger partial charge in [0.05, 0.1) is 17.5 Å². The first kappa shape index (κ1) is 16.7. The van der Waals surface area contributed by atoms with Crippen molar-refractivity contribution in [2.75, 3.05) is 17.4 Å². The minimum atomic E-state index is -3.08. The third-order valence-electron chi connectivity index (χ3n) is 3.78. The van der Waals surface area contributed by atoms with Crippen LogP contribution in [0.2, 0.25) is 0 Å². The highest BCUT2D eigenvalue weighted by Crippen LogP contribution is 2.39. The van der Waals surface area contributed by atoms with Crippen LogP contribution in [-0.2, 0) is 21.2 Å². The van der Waals surface area contributed by atoms with Gasteiger partial charge in [-0.25, -0.2) is 12.8 Å². The van der Waals surface area contributed by atoms with Crippen molar-refractivity contribution in [3.05, 3.63) is 35.6 Å². The van der Waals surface area contributed by atoms with Crippen LogP contribution >= 0.6 is 23.4 Å². The lowest BCUT2D eigenvalue weighted by molar-refractivity contribution is -0.115. The molecule has 3 rings (SSSR count). The van der Waals surface area contributed by atoms with Crippen LogP contribution in [0.5, 0.6) is 0 Å². The van der Waals surface area contributed by atoms with Crippen molar-refractivity contribution in [1.29, 1.82) is 0 Å². The standard InChI is InChI=1S/C14H14ClFN2O3S2/c15-5-13(19)17-14-18(6-9-1-3-10(16)4-2-9)11-7-23(20,21)8-12(11)22-14/h1-4,11-12H,5-8H2/t11-,12-/m1/s1. The summed E-state index contributed by atoms with van der Waals surface area (Å²) >= 11 is 6.80. The summed E-state index contributed by atoms with van der Waals surface area (Å²) in [5.41, 5.74) is 0.822. The largest absolute Gasteiger partial charge is 0.342 e. The maximum Gasteiger partial charge on any atom is 0.262 e. The molecule has 0 aliphatic carbocycles. The molecule has 5 nitrogen and oxygen atoms in total. The molecule has 2 saturated heterocycles. The van der Waals surface area contributed by atoms with Crippen LogP contribution in [-0.4, -0.2) is 53.1 Å². The third-order valence-corrected chi connectivity index (χ3v) is 7.25. The Morgan fingerprint density at radius 3 is 2.70 bits per heavy atom. The summed E-state index contributed by atoms with van der Waals surface area (Å²) < 4.78 is 36.7. The second kappa shape index (κ2) is 6.41. The van der Waals surface area contributed by atoms with Crippen molar-refractivity contribution in [3.8, 4) is 0 Å². The molecule has 2 atom stereocenters. The average molecular weight is 377 g/mol. The van der Waals surface area contributed by atoms with Gasteiger partial charge >= 0.3 is 0 Å². The van der Waals surface area contributed by atoms with Crippen LogP contribution in [0.15, 0.2) is 29.3 Å². The molecule has 0 spiro atoms. The Hall–Kier alpha value is -1.12. The monoisotopic (exact) mass is 376 g/mol. The summed E-state index contributed by atoms with van der Waals surface area (Å²) in [6.07, 6.45) is 0. The maximum atomic E-state index is 13.0. The molecule has 2 heterocycles. The van der Waals surface area contributed by atoms with E-state index in [1.165, 1.54) is 23.9 Å². The molecule has 0 bridgehead atoms. The van der Waals surface area contributed by atoms with Crippen LogP contribution in [0.1, 0.15) is 5.56 Å². The first-order chi connectivity index (χ1) is 10.9. The van der Waals surface area contributed by atoms with E-state index in [4.69, 9.17) is 11.6 Å². The highest BCUT2D eigenvalue weighted by molar-refractivity contribution is 8.15. The van der Waals surface area contributed by atoms with Crippen molar-refractivity contribution in [3.63, 3.8) is 0 Å². The lowest BCUT2D eigenvalue weighted by Gasteiger charge is -2.24. The lowest BCUT2D eigenvalue weighted by Crippen LogP contribution is -2.37. The zero-order valence-electron chi connectivity index (χ0n) is 12.0. The minimum absolute atomic E-state index is 0.0416. The molecule has 2 aliphatic rings. The van der Waals surface area contributed by atoms with Gasteiger partial charge in [0.25, 0.3) is 5.91 Å². The number of benzene rings is 1. The Labute approximate surface area is 142 Å². The van der Waals surface area contributed by atoms with Crippen LogP contribution < -0.4 is 0 Å². The summed E-state index contributed by atoms with van der Waals surface area (Å²) in [5.74, 6) is -0.892. The van der Waals surface area contributed by atoms with E-state index in [9.17, 15) is 17.6 Å². The highest BCUT2D eigenvalue weighted by Gasteiger charge is 2.48. The van der Waals surface area contributed by atoms with E-state index in [1.54, 1.807) is 12.1 Å². The molecule has 23 heavy (non-hydrogen) atoms. The lowest BCUT2D eigenvalue weighted by atomic mass is 10.1. The summed E-state index contributed by atoms with van der Waals surface area (Å²) in [4.78, 5) is 17.3. The van der Waals surface area contributed by atoms with Gasteiger partial charge in [-0.2, -0.15) is 4.99 Å². The summed E-state index contributed by atoms with van der Waals surface area (Å²) in [6, 6.07) is 5.75. The number of thioether (sulfide) groups is 1. The maximum absolute atomic E-state index is 13.0. The van der Waals surface area contributed by atoms with Crippen LogP contribution in [0.4, 0.5) is 4.39 Å². The zero-order valence-corrected chi connectivity index (χ0v) is 14.4. The first-order valence-electron chi connectivity index (χ1n) is 6.93. The fourth-order valence-corrected chi connectivity index (χ4v) is 6.77. The predicted octanol–water partition coefficient (Wildman–Crippen LogP) is 1.66. The minimum Gasteiger partial charge on any atom is -0.342 e. The second-order valence-corrected chi connectivity index (χ2v) is 9.10. The molecule has 0 radical (unpaired) electrons. The smallest absolute Gasteiger partial charge is 0.262 e. The molecule has 1 aromatic carbocycles. The normalized spacial score (nSPS) is 27.4. The van der Waals surface area contributed by atoms with Gasteiger partial charge in [0.1, 0.15) is 11.7 Å². The van der Waals surface area contributed by atoms with Crippen molar-refractivity contribution in [2.24, 2.45) is 4.99 Å². The molecule has 1 amide bonds. The molecule has 9 heteroatoms. The van der Waals surface area contributed by atoms with Crippen LogP contribution in [0.3, 0.4) is 0 Å². The van der Waals surface area contributed by atoms with Gasteiger partial charge in [-0.05, 0) is 17.7 Å². The number of nitrogens with zero attached hydrogens (tertiary/aromatic N) is 2. The van der Waals surface area contributed by atoms with E-state index in [0.29, 0.717) is 11.7 Å².